The number of rotatable bonds is 5. The summed E-state index contributed by atoms with van der Waals surface area (Å²) in [6, 6.07) is 6.16. The Hall–Kier alpha value is -1.43. The Balaban J connectivity index is 1.99. The summed E-state index contributed by atoms with van der Waals surface area (Å²) in [6.07, 6.45) is 0. The lowest BCUT2D eigenvalue weighted by molar-refractivity contribution is 0.121. The van der Waals surface area contributed by atoms with Crippen molar-refractivity contribution in [3.8, 4) is 5.75 Å². The van der Waals surface area contributed by atoms with Crippen LogP contribution in [0.1, 0.15) is 21.8 Å². The van der Waals surface area contributed by atoms with Gasteiger partial charge in [-0.1, -0.05) is 12.1 Å². The van der Waals surface area contributed by atoms with Crippen LogP contribution in [-0.2, 0) is 18.1 Å². The smallest absolute Gasteiger partial charge is 0.140 e. The maximum Gasteiger partial charge on any atom is 0.140 e. The zero-order valence-electron chi connectivity index (χ0n) is 10.5. The van der Waals surface area contributed by atoms with E-state index in [1.807, 2.05) is 25.3 Å². The highest BCUT2D eigenvalue weighted by Gasteiger charge is 2.05. The average Bonchev–Trinajstić information content (AvgIpc) is 2.79. The Kier molecular flexibility index (Phi) is 4.30. The van der Waals surface area contributed by atoms with Crippen LogP contribution in [0.15, 0.2) is 23.6 Å². The molecule has 0 radical (unpaired) electrons. The summed E-state index contributed by atoms with van der Waals surface area (Å²) < 4.78 is 5.77. The number of aryl methyl sites for hydroxylation is 2. The first kappa shape index (κ1) is 13.0. The number of aromatic nitrogens is 1. The summed E-state index contributed by atoms with van der Waals surface area (Å²) in [5.74, 6) is 5.91. The molecule has 18 heavy (non-hydrogen) atoms. The molecule has 2 N–H and O–H groups in total. The van der Waals surface area contributed by atoms with Crippen molar-refractivity contribution in [1.29, 1.82) is 0 Å². The van der Waals surface area contributed by atoms with Gasteiger partial charge in [0.2, 0.25) is 0 Å². The highest BCUT2D eigenvalue weighted by atomic mass is 32.1. The number of nitrogens with zero attached hydrogens (tertiary/aromatic N) is 1. The van der Waals surface area contributed by atoms with Gasteiger partial charge in [-0.2, -0.15) is 0 Å². The van der Waals surface area contributed by atoms with E-state index in [1.54, 1.807) is 11.3 Å². The van der Waals surface area contributed by atoms with Crippen molar-refractivity contribution in [2.45, 2.75) is 27.1 Å². The molecule has 0 unspecified atom stereocenters. The van der Waals surface area contributed by atoms with Crippen molar-refractivity contribution < 1.29 is 9.57 Å². The van der Waals surface area contributed by atoms with Crippen molar-refractivity contribution in [3.05, 3.63) is 45.4 Å². The molecule has 1 aromatic heterocycles. The van der Waals surface area contributed by atoms with Crippen LogP contribution in [0.3, 0.4) is 0 Å². The van der Waals surface area contributed by atoms with Gasteiger partial charge in [-0.3, -0.25) is 4.84 Å². The molecule has 0 aliphatic heterocycles. The van der Waals surface area contributed by atoms with E-state index in [0.29, 0.717) is 13.2 Å². The summed E-state index contributed by atoms with van der Waals surface area (Å²) in [5, 5.41) is 2.84. The molecular weight excluding hydrogens is 248 g/mol. The number of hydrogen-bond donors (Lipinski definition) is 1. The lowest BCUT2D eigenvalue weighted by Gasteiger charge is -2.08. The van der Waals surface area contributed by atoms with Gasteiger partial charge in [0.1, 0.15) is 24.0 Å². The number of nitrogens with two attached hydrogens (primary N) is 1. The highest BCUT2D eigenvalue weighted by molar-refractivity contribution is 7.09. The van der Waals surface area contributed by atoms with E-state index >= 15 is 0 Å². The molecule has 0 amide bonds. The molecule has 0 aliphatic carbocycles. The Labute approximate surface area is 110 Å². The molecule has 0 bridgehead atoms. The SMILES string of the molecule is Cc1ccc(C)c(OCc2nc(CON)cs2)c1. The van der Waals surface area contributed by atoms with Gasteiger partial charge in [0.15, 0.2) is 0 Å². The second-order valence-electron chi connectivity index (χ2n) is 4.10. The van der Waals surface area contributed by atoms with Gasteiger partial charge >= 0.3 is 0 Å². The van der Waals surface area contributed by atoms with Crippen molar-refractivity contribution in [2.24, 2.45) is 5.90 Å². The minimum absolute atomic E-state index is 0.333. The van der Waals surface area contributed by atoms with E-state index < -0.39 is 0 Å². The van der Waals surface area contributed by atoms with Gasteiger partial charge in [0.05, 0.1) is 5.69 Å². The standard InChI is InChI=1S/C13H16N2O2S/c1-9-3-4-10(2)12(5-9)16-7-13-15-11(6-17-14)8-18-13/h3-5,8H,6-7,14H2,1-2H3. The third-order valence-electron chi connectivity index (χ3n) is 2.53. The normalized spacial score (nSPS) is 10.6. The molecule has 2 rings (SSSR count). The van der Waals surface area contributed by atoms with E-state index in [1.165, 1.54) is 5.56 Å². The summed E-state index contributed by atoms with van der Waals surface area (Å²) in [7, 11) is 0. The van der Waals surface area contributed by atoms with E-state index in [-0.39, 0.29) is 0 Å². The van der Waals surface area contributed by atoms with Crippen LogP contribution in [0.25, 0.3) is 0 Å². The van der Waals surface area contributed by atoms with Gasteiger partial charge in [0, 0.05) is 5.38 Å². The Morgan fingerprint density at radius 1 is 1.28 bits per heavy atom. The van der Waals surface area contributed by atoms with Gasteiger partial charge < -0.3 is 4.74 Å². The average molecular weight is 264 g/mol. The molecule has 0 atom stereocenters. The monoisotopic (exact) mass is 264 g/mol. The van der Waals surface area contributed by atoms with Crippen LogP contribution in [0.5, 0.6) is 5.75 Å². The number of hydrogen-bond acceptors (Lipinski definition) is 5. The zero-order chi connectivity index (χ0) is 13.0. The van der Waals surface area contributed by atoms with Crippen LogP contribution in [0.2, 0.25) is 0 Å². The fraction of sp³-hybridized carbons (Fsp3) is 0.308. The van der Waals surface area contributed by atoms with Crippen molar-refractivity contribution >= 4 is 11.3 Å². The predicted octanol–water partition coefficient (Wildman–Crippen LogP) is 2.73. The first-order valence-electron chi connectivity index (χ1n) is 5.64. The molecule has 0 saturated heterocycles. The lowest BCUT2D eigenvalue weighted by Crippen LogP contribution is -2.00. The maximum absolute atomic E-state index is 5.77. The Bertz CT molecular complexity index is 525. The third-order valence-corrected chi connectivity index (χ3v) is 3.40. The van der Waals surface area contributed by atoms with Crippen molar-refractivity contribution in [3.63, 3.8) is 0 Å². The summed E-state index contributed by atoms with van der Waals surface area (Å²) >= 11 is 1.55. The molecule has 5 heteroatoms. The first-order chi connectivity index (χ1) is 8.69. The molecule has 4 nitrogen and oxygen atoms in total. The minimum atomic E-state index is 0.333. The second-order valence-corrected chi connectivity index (χ2v) is 5.04. The van der Waals surface area contributed by atoms with Gasteiger partial charge in [-0.15, -0.1) is 11.3 Å². The van der Waals surface area contributed by atoms with Crippen LogP contribution in [-0.4, -0.2) is 4.98 Å². The summed E-state index contributed by atoms with van der Waals surface area (Å²) in [6.45, 7) is 4.89. The topological polar surface area (TPSA) is 57.4 Å². The predicted molar refractivity (Wildman–Crippen MR) is 71.3 cm³/mol. The van der Waals surface area contributed by atoms with E-state index in [4.69, 9.17) is 10.6 Å². The molecule has 0 fully saturated rings. The highest BCUT2D eigenvalue weighted by Crippen LogP contribution is 2.21. The third kappa shape index (κ3) is 3.29. The quantitative estimate of drug-likeness (QED) is 0.844. The number of thiazole rings is 1. The van der Waals surface area contributed by atoms with Gasteiger partial charge in [-0.05, 0) is 31.0 Å². The van der Waals surface area contributed by atoms with Gasteiger partial charge in [0.25, 0.3) is 0 Å². The second kappa shape index (κ2) is 5.95. The Morgan fingerprint density at radius 3 is 2.89 bits per heavy atom. The van der Waals surface area contributed by atoms with Crippen LogP contribution in [0.4, 0.5) is 0 Å². The fourth-order valence-electron chi connectivity index (χ4n) is 1.57. The Morgan fingerprint density at radius 2 is 2.11 bits per heavy atom. The van der Waals surface area contributed by atoms with Crippen LogP contribution >= 0.6 is 11.3 Å². The zero-order valence-corrected chi connectivity index (χ0v) is 11.3. The molecule has 0 saturated carbocycles. The van der Waals surface area contributed by atoms with Crippen molar-refractivity contribution in [2.75, 3.05) is 0 Å². The van der Waals surface area contributed by atoms with Crippen LogP contribution < -0.4 is 10.6 Å². The molecule has 96 valence electrons. The molecule has 0 aliphatic rings. The first-order valence-corrected chi connectivity index (χ1v) is 6.52. The van der Waals surface area contributed by atoms with Gasteiger partial charge in [-0.25, -0.2) is 10.9 Å². The van der Waals surface area contributed by atoms with Crippen molar-refractivity contribution in [1.82, 2.24) is 4.98 Å². The fourth-order valence-corrected chi connectivity index (χ4v) is 2.26. The number of benzene rings is 1. The number of ether oxygens (including phenoxy) is 1. The summed E-state index contributed by atoms with van der Waals surface area (Å²) in [5.41, 5.74) is 3.15. The van der Waals surface area contributed by atoms with E-state index in [0.717, 1.165) is 22.0 Å². The largest absolute Gasteiger partial charge is 0.486 e. The minimum Gasteiger partial charge on any atom is -0.486 e. The van der Waals surface area contributed by atoms with E-state index in [2.05, 4.69) is 22.0 Å². The molecule has 1 aromatic carbocycles. The van der Waals surface area contributed by atoms with Crippen LogP contribution in [0, 0.1) is 13.8 Å². The van der Waals surface area contributed by atoms with E-state index in [9.17, 15) is 0 Å². The molecule has 0 spiro atoms. The lowest BCUT2D eigenvalue weighted by atomic mass is 10.1. The molecular formula is C13H16N2O2S. The maximum atomic E-state index is 5.77. The molecule has 2 aromatic rings. The summed E-state index contributed by atoms with van der Waals surface area (Å²) in [4.78, 5) is 8.90. The molecule has 1 heterocycles.